The van der Waals surface area contributed by atoms with E-state index in [0.29, 0.717) is 23.4 Å². The molecule has 0 bridgehead atoms. The minimum atomic E-state index is -0.806. The van der Waals surface area contributed by atoms with Crippen molar-refractivity contribution in [1.82, 2.24) is 10.4 Å². The maximum absolute atomic E-state index is 12.4. The van der Waals surface area contributed by atoms with Gasteiger partial charge in [-0.2, -0.15) is 0 Å². The van der Waals surface area contributed by atoms with Crippen molar-refractivity contribution in [1.29, 1.82) is 0 Å². The lowest BCUT2D eigenvalue weighted by Gasteiger charge is -2.17. The van der Waals surface area contributed by atoms with Crippen LogP contribution in [0.15, 0.2) is 48.5 Å². The van der Waals surface area contributed by atoms with Gasteiger partial charge in [0, 0.05) is 17.7 Å². The number of carbonyl (C=O) groups is 5. The van der Waals surface area contributed by atoms with Crippen LogP contribution in [0.5, 0.6) is 0 Å². The number of anilines is 1. The van der Waals surface area contributed by atoms with Gasteiger partial charge < -0.3 is 14.8 Å². The highest BCUT2D eigenvalue weighted by Crippen LogP contribution is 2.18. The Bertz CT molecular complexity index is 1140. The van der Waals surface area contributed by atoms with E-state index in [0.717, 1.165) is 10.6 Å². The van der Waals surface area contributed by atoms with Gasteiger partial charge in [-0.05, 0) is 49.2 Å². The van der Waals surface area contributed by atoms with Gasteiger partial charge in [-0.25, -0.2) is 4.79 Å². The molecule has 3 rings (SSSR count). The van der Waals surface area contributed by atoms with Gasteiger partial charge >= 0.3 is 11.9 Å². The number of amides is 3. The molecule has 10 nitrogen and oxygen atoms in total. The molecule has 1 aliphatic rings. The first-order valence-corrected chi connectivity index (χ1v) is 11.5. The fraction of sp³-hybridized carbons (Fsp3) is 0.346. The van der Waals surface area contributed by atoms with Crippen LogP contribution in [0.2, 0.25) is 0 Å². The Hall–Kier alpha value is -4.21. The van der Waals surface area contributed by atoms with Crippen molar-refractivity contribution in [2.75, 3.05) is 25.1 Å². The van der Waals surface area contributed by atoms with Crippen LogP contribution < -0.4 is 10.7 Å². The van der Waals surface area contributed by atoms with E-state index in [4.69, 9.17) is 9.47 Å². The summed E-state index contributed by atoms with van der Waals surface area (Å²) in [5, 5.41) is 3.66. The van der Waals surface area contributed by atoms with E-state index in [-0.39, 0.29) is 18.9 Å². The number of nitrogens with zero attached hydrogens (tertiary/aromatic N) is 1. The monoisotopic (exact) mass is 495 g/mol. The van der Waals surface area contributed by atoms with Crippen LogP contribution in [0.25, 0.3) is 0 Å². The third-order valence-electron chi connectivity index (χ3n) is 5.27. The summed E-state index contributed by atoms with van der Waals surface area (Å²) in [7, 11) is 0. The SMILES string of the molecule is Cc1cccc(C(=O)NN2C[C@H](C(=O)OCC(=O)Nc3ccc(C(=O)OCC(C)C)cc3)CC2=O)c1. The summed E-state index contributed by atoms with van der Waals surface area (Å²) >= 11 is 0. The van der Waals surface area contributed by atoms with E-state index in [2.05, 4.69) is 10.7 Å². The Morgan fingerprint density at radius 3 is 2.42 bits per heavy atom. The second-order valence-corrected chi connectivity index (χ2v) is 8.94. The third-order valence-corrected chi connectivity index (χ3v) is 5.27. The smallest absolute Gasteiger partial charge is 0.338 e. The van der Waals surface area contributed by atoms with Crippen molar-refractivity contribution < 1.29 is 33.4 Å². The van der Waals surface area contributed by atoms with E-state index in [1.165, 1.54) is 24.3 Å². The second kappa shape index (κ2) is 12.0. The molecule has 0 saturated carbocycles. The van der Waals surface area contributed by atoms with Gasteiger partial charge in [-0.15, -0.1) is 0 Å². The van der Waals surface area contributed by atoms with Gasteiger partial charge in [0.25, 0.3) is 11.8 Å². The molecule has 1 atom stereocenters. The number of rotatable bonds is 9. The van der Waals surface area contributed by atoms with E-state index < -0.39 is 42.2 Å². The van der Waals surface area contributed by atoms with Crippen LogP contribution in [0.1, 0.15) is 46.5 Å². The minimum Gasteiger partial charge on any atom is -0.462 e. The van der Waals surface area contributed by atoms with Crippen LogP contribution >= 0.6 is 0 Å². The number of nitrogens with one attached hydrogen (secondary N) is 2. The highest BCUT2D eigenvalue weighted by atomic mass is 16.5. The first-order valence-electron chi connectivity index (χ1n) is 11.5. The van der Waals surface area contributed by atoms with Crippen LogP contribution in [-0.4, -0.2) is 54.4 Å². The van der Waals surface area contributed by atoms with Gasteiger partial charge in [-0.3, -0.25) is 29.6 Å². The molecule has 10 heteroatoms. The van der Waals surface area contributed by atoms with Crippen molar-refractivity contribution in [2.45, 2.75) is 27.2 Å². The molecular weight excluding hydrogens is 466 g/mol. The average molecular weight is 496 g/mol. The average Bonchev–Trinajstić information content (AvgIpc) is 3.21. The number of carbonyl (C=O) groups excluding carboxylic acids is 5. The summed E-state index contributed by atoms with van der Waals surface area (Å²) in [5.41, 5.74) is 4.56. The number of hydrogen-bond acceptors (Lipinski definition) is 7. The molecule has 1 heterocycles. The van der Waals surface area contributed by atoms with E-state index in [1.54, 1.807) is 18.2 Å². The lowest BCUT2D eigenvalue weighted by Crippen LogP contribution is -2.43. The second-order valence-electron chi connectivity index (χ2n) is 8.94. The number of benzene rings is 2. The molecule has 0 spiro atoms. The Morgan fingerprint density at radius 2 is 1.75 bits per heavy atom. The van der Waals surface area contributed by atoms with Crippen molar-refractivity contribution in [3.8, 4) is 0 Å². The molecule has 0 radical (unpaired) electrons. The summed E-state index contributed by atoms with van der Waals surface area (Å²) in [5.74, 6) is -3.21. The van der Waals surface area contributed by atoms with E-state index >= 15 is 0 Å². The van der Waals surface area contributed by atoms with Gasteiger partial charge in [0.1, 0.15) is 0 Å². The molecule has 0 unspecified atom stereocenters. The molecule has 2 aromatic carbocycles. The summed E-state index contributed by atoms with van der Waals surface area (Å²) in [6, 6.07) is 13.0. The zero-order chi connectivity index (χ0) is 26.2. The molecule has 1 saturated heterocycles. The zero-order valence-corrected chi connectivity index (χ0v) is 20.4. The third kappa shape index (κ3) is 7.39. The molecule has 1 fully saturated rings. The molecule has 190 valence electrons. The van der Waals surface area contributed by atoms with Gasteiger partial charge in [0.2, 0.25) is 5.91 Å². The molecule has 36 heavy (non-hydrogen) atoms. The minimum absolute atomic E-state index is 0.0504. The quantitative estimate of drug-likeness (QED) is 0.511. The van der Waals surface area contributed by atoms with Crippen LogP contribution in [0, 0.1) is 18.8 Å². The lowest BCUT2D eigenvalue weighted by atomic mass is 10.1. The number of ether oxygens (including phenoxy) is 2. The predicted octanol–water partition coefficient (Wildman–Crippen LogP) is 2.48. The van der Waals surface area contributed by atoms with Crippen molar-refractivity contribution in [3.05, 3.63) is 65.2 Å². The van der Waals surface area contributed by atoms with Crippen molar-refractivity contribution in [3.63, 3.8) is 0 Å². The number of hydrazine groups is 1. The summed E-state index contributed by atoms with van der Waals surface area (Å²) in [6.45, 7) is 5.43. The molecule has 0 aromatic heterocycles. The topological polar surface area (TPSA) is 131 Å². The molecule has 1 aliphatic heterocycles. The van der Waals surface area contributed by atoms with E-state index in [1.807, 2.05) is 26.8 Å². The standard InChI is InChI=1S/C26H29N3O7/c1-16(2)14-35-25(33)18-7-9-21(10-8-18)27-22(30)15-36-26(34)20-12-23(31)29(13-20)28-24(32)19-6-4-5-17(3)11-19/h4-11,16,20H,12-15H2,1-3H3,(H,27,30)(H,28,32)/t20-/m1/s1. The normalized spacial score (nSPS) is 14.9. The first kappa shape index (κ1) is 26.4. The number of hydrogen-bond donors (Lipinski definition) is 2. The van der Waals surface area contributed by atoms with Gasteiger partial charge in [0.05, 0.1) is 24.6 Å². The fourth-order valence-corrected chi connectivity index (χ4v) is 3.41. The summed E-state index contributed by atoms with van der Waals surface area (Å²) in [6.07, 6.45) is -0.136. The maximum atomic E-state index is 12.4. The van der Waals surface area contributed by atoms with Crippen LogP contribution in [-0.2, 0) is 23.9 Å². The number of aryl methyl sites for hydroxylation is 1. The Morgan fingerprint density at radius 1 is 1.03 bits per heavy atom. The largest absolute Gasteiger partial charge is 0.462 e. The Kier molecular flexibility index (Phi) is 8.77. The zero-order valence-electron chi connectivity index (χ0n) is 20.4. The fourth-order valence-electron chi connectivity index (χ4n) is 3.41. The summed E-state index contributed by atoms with van der Waals surface area (Å²) in [4.78, 5) is 61.1. The molecule has 2 N–H and O–H groups in total. The molecule has 2 aromatic rings. The van der Waals surface area contributed by atoms with Crippen molar-refractivity contribution >= 4 is 35.3 Å². The Balaban J connectivity index is 1.44. The predicted molar refractivity (Wildman–Crippen MR) is 130 cm³/mol. The van der Waals surface area contributed by atoms with E-state index in [9.17, 15) is 24.0 Å². The molecule has 0 aliphatic carbocycles. The van der Waals surface area contributed by atoms with Crippen molar-refractivity contribution in [2.24, 2.45) is 11.8 Å². The Labute approximate surface area is 208 Å². The maximum Gasteiger partial charge on any atom is 0.338 e. The van der Waals surface area contributed by atoms with Gasteiger partial charge in [-0.1, -0.05) is 31.5 Å². The molecular formula is C26H29N3O7. The highest BCUT2D eigenvalue weighted by Gasteiger charge is 2.36. The summed E-state index contributed by atoms with van der Waals surface area (Å²) < 4.78 is 10.2. The number of esters is 2. The van der Waals surface area contributed by atoms with Gasteiger partial charge in [0.15, 0.2) is 6.61 Å². The highest BCUT2D eigenvalue weighted by molar-refractivity contribution is 5.97. The van der Waals surface area contributed by atoms with Crippen LogP contribution in [0.3, 0.4) is 0 Å². The van der Waals surface area contributed by atoms with Crippen LogP contribution in [0.4, 0.5) is 5.69 Å². The first-order chi connectivity index (χ1) is 17.1. The lowest BCUT2D eigenvalue weighted by molar-refractivity contribution is -0.151. The molecule has 3 amide bonds.